The molecule has 0 spiro atoms. The molecule has 0 aliphatic heterocycles. The summed E-state index contributed by atoms with van der Waals surface area (Å²) in [4.78, 5) is 14.5. The summed E-state index contributed by atoms with van der Waals surface area (Å²) in [6, 6.07) is 5.47. The van der Waals surface area contributed by atoms with Gasteiger partial charge in [-0.2, -0.15) is 0 Å². The normalized spacial score (nSPS) is 10.6. The van der Waals surface area contributed by atoms with Gasteiger partial charge in [0.1, 0.15) is 11.3 Å². The maximum atomic E-state index is 12.7. The van der Waals surface area contributed by atoms with E-state index in [-0.39, 0.29) is 11.9 Å². The molecule has 0 bridgehead atoms. The number of hydrogen-bond donors (Lipinski definition) is 1. The van der Waals surface area contributed by atoms with Crippen LogP contribution >= 0.6 is 0 Å². The Hall–Kier alpha value is -1.71. The lowest BCUT2D eigenvalue weighted by Gasteiger charge is -2.27. The first-order chi connectivity index (χ1) is 9.02. The van der Waals surface area contributed by atoms with Gasteiger partial charge in [0, 0.05) is 18.3 Å². The molecular formula is C15H24N2O2. The van der Waals surface area contributed by atoms with Crippen LogP contribution in [0.4, 0.5) is 5.69 Å². The molecule has 0 atom stereocenters. The summed E-state index contributed by atoms with van der Waals surface area (Å²) >= 11 is 0. The molecule has 0 fully saturated rings. The molecule has 0 unspecified atom stereocenters. The fraction of sp³-hybridized carbons (Fsp3) is 0.533. The third-order valence-electron chi connectivity index (χ3n) is 2.92. The number of benzene rings is 1. The van der Waals surface area contributed by atoms with Gasteiger partial charge < -0.3 is 15.4 Å². The molecule has 19 heavy (non-hydrogen) atoms. The van der Waals surface area contributed by atoms with Gasteiger partial charge in [-0.15, -0.1) is 0 Å². The number of rotatable bonds is 6. The van der Waals surface area contributed by atoms with Gasteiger partial charge in [-0.3, -0.25) is 4.79 Å². The average Bonchev–Trinajstić information content (AvgIpc) is 2.35. The Bertz CT molecular complexity index is 430. The van der Waals surface area contributed by atoms with Crippen LogP contribution in [0.15, 0.2) is 18.2 Å². The lowest BCUT2D eigenvalue weighted by atomic mass is 10.1. The first-order valence-corrected chi connectivity index (χ1v) is 6.85. The number of carbonyl (C=O) groups excluding carboxylic acids is 1. The minimum atomic E-state index is -0.0570. The van der Waals surface area contributed by atoms with E-state index in [4.69, 9.17) is 10.5 Å². The molecule has 1 aromatic rings. The fourth-order valence-corrected chi connectivity index (χ4v) is 2.03. The zero-order valence-corrected chi connectivity index (χ0v) is 12.3. The summed E-state index contributed by atoms with van der Waals surface area (Å²) in [5.41, 5.74) is 6.91. The Balaban J connectivity index is 3.16. The maximum Gasteiger partial charge on any atom is 0.259 e. The molecule has 0 saturated carbocycles. The molecule has 1 rings (SSSR count). The van der Waals surface area contributed by atoms with Gasteiger partial charge in [-0.1, -0.05) is 13.0 Å². The first-order valence-electron chi connectivity index (χ1n) is 6.85. The van der Waals surface area contributed by atoms with Gasteiger partial charge in [-0.25, -0.2) is 0 Å². The van der Waals surface area contributed by atoms with Crippen molar-refractivity contribution in [3.05, 3.63) is 23.8 Å². The van der Waals surface area contributed by atoms with E-state index in [9.17, 15) is 4.79 Å². The topological polar surface area (TPSA) is 55.6 Å². The Morgan fingerprint density at radius 2 is 2.05 bits per heavy atom. The van der Waals surface area contributed by atoms with Crippen LogP contribution in [0.3, 0.4) is 0 Å². The Morgan fingerprint density at radius 3 is 2.58 bits per heavy atom. The van der Waals surface area contributed by atoms with Crippen molar-refractivity contribution in [3.63, 3.8) is 0 Å². The highest BCUT2D eigenvalue weighted by molar-refractivity contribution is 6.02. The van der Waals surface area contributed by atoms with Crippen molar-refractivity contribution in [1.29, 1.82) is 0 Å². The monoisotopic (exact) mass is 264 g/mol. The molecule has 1 aromatic carbocycles. The molecule has 106 valence electrons. The van der Waals surface area contributed by atoms with Crippen LogP contribution in [0.1, 0.15) is 44.5 Å². The number of hydrogen-bond acceptors (Lipinski definition) is 3. The second-order valence-corrected chi connectivity index (χ2v) is 4.75. The van der Waals surface area contributed by atoms with Crippen molar-refractivity contribution >= 4 is 11.6 Å². The highest BCUT2D eigenvalue weighted by atomic mass is 16.5. The molecule has 0 saturated heterocycles. The minimum absolute atomic E-state index is 0.0570. The van der Waals surface area contributed by atoms with Crippen LogP contribution in [-0.4, -0.2) is 30.0 Å². The zero-order chi connectivity index (χ0) is 14.4. The number of ether oxygens (including phenoxy) is 1. The van der Waals surface area contributed by atoms with Crippen LogP contribution in [0.2, 0.25) is 0 Å². The average molecular weight is 264 g/mol. The molecule has 0 heterocycles. The summed E-state index contributed by atoms with van der Waals surface area (Å²) in [6.07, 6.45) is 0.917. The maximum absolute atomic E-state index is 12.7. The molecular weight excluding hydrogens is 240 g/mol. The van der Waals surface area contributed by atoms with Crippen LogP contribution in [0.25, 0.3) is 0 Å². The number of nitrogen functional groups attached to an aromatic ring is 1. The SMILES string of the molecule is CCCN(C(=O)c1c(N)cccc1OCC)C(C)C. The Kier molecular flexibility index (Phi) is 5.67. The first kappa shape index (κ1) is 15.3. The fourth-order valence-electron chi connectivity index (χ4n) is 2.03. The minimum Gasteiger partial charge on any atom is -0.493 e. The van der Waals surface area contributed by atoms with E-state index in [1.54, 1.807) is 18.2 Å². The van der Waals surface area contributed by atoms with E-state index < -0.39 is 0 Å². The molecule has 4 heteroatoms. The van der Waals surface area contributed by atoms with Crippen molar-refractivity contribution in [2.24, 2.45) is 0 Å². The highest BCUT2D eigenvalue weighted by Gasteiger charge is 2.23. The van der Waals surface area contributed by atoms with Gasteiger partial charge in [0.15, 0.2) is 0 Å². The highest BCUT2D eigenvalue weighted by Crippen LogP contribution is 2.26. The van der Waals surface area contributed by atoms with Crippen molar-refractivity contribution in [3.8, 4) is 5.75 Å². The van der Waals surface area contributed by atoms with Crippen LogP contribution in [-0.2, 0) is 0 Å². The number of amides is 1. The molecule has 2 N–H and O–H groups in total. The third kappa shape index (κ3) is 3.63. The van der Waals surface area contributed by atoms with E-state index in [0.29, 0.717) is 23.6 Å². The van der Waals surface area contributed by atoms with Crippen LogP contribution in [0.5, 0.6) is 5.75 Å². The van der Waals surface area contributed by atoms with Crippen molar-refractivity contribution in [2.45, 2.75) is 40.2 Å². The van der Waals surface area contributed by atoms with Crippen molar-refractivity contribution in [2.75, 3.05) is 18.9 Å². The van der Waals surface area contributed by atoms with Gasteiger partial charge in [0.05, 0.1) is 6.61 Å². The zero-order valence-electron chi connectivity index (χ0n) is 12.3. The summed E-state index contributed by atoms with van der Waals surface area (Å²) in [5, 5.41) is 0. The predicted molar refractivity (Wildman–Crippen MR) is 78.5 cm³/mol. The summed E-state index contributed by atoms with van der Waals surface area (Å²) in [7, 11) is 0. The van der Waals surface area contributed by atoms with Gasteiger partial charge in [0.25, 0.3) is 5.91 Å². The van der Waals surface area contributed by atoms with Gasteiger partial charge in [-0.05, 0) is 39.3 Å². The second-order valence-electron chi connectivity index (χ2n) is 4.75. The lowest BCUT2D eigenvalue weighted by molar-refractivity contribution is 0.0703. The number of carbonyl (C=O) groups is 1. The summed E-state index contributed by atoms with van der Waals surface area (Å²) in [5.74, 6) is 0.507. The molecule has 0 aromatic heterocycles. The number of nitrogens with two attached hydrogens (primary N) is 1. The summed E-state index contributed by atoms with van der Waals surface area (Å²) in [6.45, 7) is 9.19. The third-order valence-corrected chi connectivity index (χ3v) is 2.92. The van der Waals surface area contributed by atoms with Gasteiger partial charge >= 0.3 is 0 Å². The van der Waals surface area contributed by atoms with E-state index >= 15 is 0 Å². The molecule has 0 aliphatic rings. The summed E-state index contributed by atoms with van der Waals surface area (Å²) < 4.78 is 5.52. The largest absolute Gasteiger partial charge is 0.493 e. The molecule has 0 radical (unpaired) electrons. The Morgan fingerprint density at radius 1 is 1.37 bits per heavy atom. The molecule has 4 nitrogen and oxygen atoms in total. The smallest absolute Gasteiger partial charge is 0.259 e. The van der Waals surface area contributed by atoms with Gasteiger partial charge in [0.2, 0.25) is 0 Å². The quantitative estimate of drug-likeness (QED) is 0.804. The lowest BCUT2D eigenvalue weighted by Crippen LogP contribution is -2.38. The van der Waals surface area contributed by atoms with Crippen molar-refractivity contribution < 1.29 is 9.53 Å². The van der Waals surface area contributed by atoms with Crippen LogP contribution < -0.4 is 10.5 Å². The molecule has 0 aliphatic carbocycles. The van der Waals surface area contributed by atoms with E-state index in [0.717, 1.165) is 13.0 Å². The number of anilines is 1. The molecule has 1 amide bonds. The Labute approximate surface area is 115 Å². The van der Waals surface area contributed by atoms with E-state index in [2.05, 4.69) is 6.92 Å². The number of nitrogens with zero attached hydrogens (tertiary/aromatic N) is 1. The predicted octanol–water partition coefficient (Wildman–Crippen LogP) is 2.93. The van der Waals surface area contributed by atoms with E-state index in [1.165, 1.54) is 0 Å². The second kappa shape index (κ2) is 7.02. The standard InChI is InChI=1S/C15H24N2O2/c1-5-10-17(11(3)4)15(18)14-12(16)8-7-9-13(14)19-6-2/h7-9,11H,5-6,10,16H2,1-4H3. The van der Waals surface area contributed by atoms with Crippen molar-refractivity contribution in [1.82, 2.24) is 4.90 Å². The van der Waals surface area contributed by atoms with Crippen LogP contribution in [0, 0.1) is 0 Å². The van der Waals surface area contributed by atoms with E-state index in [1.807, 2.05) is 25.7 Å².